The molecule has 1 N–H and O–H groups in total. The quantitative estimate of drug-likeness (QED) is 0.781. The van der Waals surface area contributed by atoms with Gasteiger partial charge in [-0.2, -0.15) is 0 Å². The summed E-state index contributed by atoms with van der Waals surface area (Å²) in [6.07, 6.45) is 3.60. The Balaban J connectivity index is 2.14. The van der Waals surface area contributed by atoms with Gasteiger partial charge in [-0.25, -0.2) is 9.78 Å². The van der Waals surface area contributed by atoms with Crippen molar-refractivity contribution >= 4 is 23.4 Å². The summed E-state index contributed by atoms with van der Waals surface area (Å²) in [5, 5.41) is 3.11. The normalized spacial score (nSPS) is 10.2. The molecule has 0 saturated carbocycles. The summed E-state index contributed by atoms with van der Waals surface area (Å²) in [4.78, 5) is 30.0. The molecule has 2 aromatic rings. The van der Waals surface area contributed by atoms with Crippen LogP contribution < -0.4 is 5.32 Å². The predicted octanol–water partition coefficient (Wildman–Crippen LogP) is 3.48. The zero-order valence-corrected chi connectivity index (χ0v) is 14.8. The van der Waals surface area contributed by atoms with Crippen molar-refractivity contribution in [2.45, 2.75) is 19.8 Å². The molecule has 1 aromatic heterocycles. The van der Waals surface area contributed by atoms with E-state index >= 15 is 0 Å². The Morgan fingerprint density at radius 1 is 1.20 bits per heavy atom. The number of carbonyl (C=O) groups is 2. The average Bonchev–Trinajstić information content (AvgIpc) is 2.65. The third kappa shape index (κ3) is 5.04. The number of ether oxygens (including phenoxy) is 1. The SMILES string of the molecule is CCCCN(C)C(=O)c1ccnc(Nc2cccc(C(=O)OC)c2)c1. The first-order valence-electron chi connectivity index (χ1n) is 8.22. The monoisotopic (exact) mass is 341 g/mol. The van der Waals surface area contributed by atoms with Crippen molar-refractivity contribution in [1.29, 1.82) is 0 Å². The number of hydrogen-bond acceptors (Lipinski definition) is 5. The number of aromatic nitrogens is 1. The van der Waals surface area contributed by atoms with E-state index in [1.807, 2.05) is 6.07 Å². The Bertz CT molecular complexity index is 746. The predicted molar refractivity (Wildman–Crippen MR) is 97.2 cm³/mol. The molecule has 6 heteroatoms. The average molecular weight is 341 g/mol. The highest BCUT2D eigenvalue weighted by Crippen LogP contribution is 2.18. The van der Waals surface area contributed by atoms with Crippen molar-refractivity contribution in [2.75, 3.05) is 26.0 Å². The minimum atomic E-state index is -0.405. The van der Waals surface area contributed by atoms with Gasteiger partial charge in [-0.1, -0.05) is 19.4 Å². The highest BCUT2D eigenvalue weighted by molar-refractivity contribution is 5.95. The topological polar surface area (TPSA) is 71.5 Å². The molecule has 0 unspecified atom stereocenters. The number of esters is 1. The molecule has 6 nitrogen and oxygen atoms in total. The lowest BCUT2D eigenvalue weighted by Gasteiger charge is -2.17. The third-order valence-corrected chi connectivity index (χ3v) is 3.76. The number of hydrogen-bond donors (Lipinski definition) is 1. The molecule has 1 heterocycles. The molecule has 25 heavy (non-hydrogen) atoms. The van der Waals surface area contributed by atoms with Crippen LogP contribution in [0.15, 0.2) is 42.6 Å². The second kappa shape index (κ2) is 8.82. The van der Waals surface area contributed by atoms with E-state index in [1.165, 1.54) is 7.11 Å². The minimum absolute atomic E-state index is 0.0396. The van der Waals surface area contributed by atoms with Crippen molar-refractivity contribution in [1.82, 2.24) is 9.88 Å². The van der Waals surface area contributed by atoms with Gasteiger partial charge in [0.15, 0.2) is 0 Å². The van der Waals surface area contributed by atoms with E-state index in [0.717, 1.165) is 19.4 Å². The van der Waals surface area contributed by atoms with Gasteiger partial charge in [0.05, 0.1) is 12.7 Å². The van der Waals surface area contributed by atoms with Crippen LogP contribution in [-0.4, -0.2) is 42.5 Å². The molecule has 0 saturated heterocycles. The maximum atomic E-state index is 12.4. The number of methoxy groups -OCH3 is 1. The zero-order chi connectivity index (χ0) is 18.2. The Labute approximate surface area is 147 Å². The molecule has 132 valence electrons. The van der Waals surface area contributed by atoms with E-state index in [0.29, 0.717) is 22.6 Å². The molecule has 0 atom stereocenters. The van der Waals surface area contributed by atoms with Gasteiger partial charge in [-0.3, -0.25) is 4.79 Å². The minimum Gasteiger partial charge on any atom is -0.465 e. The van der Waals surface area contributed by atoms with Crippen LogP contribution in [0.3, 0.4) is 0 Å². The summed E-state index contributed by atoms with van der Waals surface area (Å²) in [7, 11) is 3.14. The van der Waals surface area contributed by atoms with Crippen LogP contribution in [0.4, 0.5) is 11.5 Å². The number of rotatable bonds is 7. The van der Waals surface area contributed by atoms with Crippen LogP contribution in [-0.2, 0) is 4.74 Å². The van der Waals surface area contributed by atoms with E-state index in [4.69, 9.17) is 4.74 Å². The van der Waals surface area contributed by atoms with Crippen LogP contribution in [0.5, 0.6) is 0 Å². The number of benzene rings is 1. The van der Waals surface area contributed by atoms with Crippen molar-refractivity contribution in [3.63, 3.8) is 0 Å². The summed E-state index contributed by atoms with van der Waals surface area (Å²) in [5.74, 6) is 0.0945. The smallest absolute Gasteiger partial charge is 0.337 e. The van der Waals surface area contributed by atoms with E-state index in [1.54, 1.807) is 48.5 Å². The number of nitrogens with one attached hydrogen (secondary N) is 1. The number of anilines is 2. The van der Waals surface area contributed by atoms with Crippen LogP contribution in [0, 0.1) is 0 Å². The van der Waals surface area contributed by atoms with Gasteiger partial charge < -0.3 is 15.0 Å². The number of unbranched alkanes of at least 4 members (excludes halogenated alkanes) is 1. The van der Waals surface area contributed by atoms with E-state index < -0.39 is 5.97 Å². The van der Waals surface area contributed by atoms with Crippen LogP contribution >= 0.6 is 0 Å². The highest BCUT2D eigenvalue weighted by atomic mass is 16.5. The molecule has 0 aliphatic rings. The van der Waals surface area contributed by atoms with Gasteiger partial charge in [0, 0.05) is 31.0 Å². The molecule has 2 rings (SSSR count). The highest BCUT2D eigenvalue weighted by Gasteiger charge is 2.12. The second-order valence-electron chi connectivity index (χ2n) is 5.71. The lowest BCUT2D eigenvalue weighted by atomic mass is 10.2. The van der Waals surface area contributed by atoms with Crippen molar-refractivity contribution in [3.05, 3.63) is 53.7 Å². The van der Waals surface area contributed by atoms with Gasteiger partial charge in [0.2, 0.25) is 0 Å². The summed E-state index contributed by atoms with van der Waals surface area (Å²) in [6, 6.07) is 10.3. The van der Waals surface area contributed by atoms with Crippen LogP contribution in [0.25, 0.3) is 0 Å². The Morgan fingerprint density at radius 3 is 2.72 bits per heavy atom. The molecule has 0 fully saturated rings. The van der Waals surface area contributed by atoms with Gasteiger partial charge >= 0.3 is 5.97 Å². The molecule has 1 aromatic carbocycles. The summed E-state index contributed by atoms with van der Waals surface area (Å²) < 4.78 is 4.72. The fraction of sp³-hybridized carbons (Fsp3) is 0.316. The molecule has 0 spiro atoms. The zero-order valence-electron chi connectivity index (χ0n) is 14.8. The first-order valence-corrected chi connectivity index (χ1v) is 8.22. The largest absolute Gasteiger partial charge is 0.465 e. The Kier molecular flexibility index (Phi) is 6.51. The van der Waals surface area contributed by atoms with E-state index in [-0.39, 0.29) is 5.91 Å². The standard InChI is InChI=1S/C19H23N3O3/c1-4-5-11-22(2)18(23)14-9-10-20-17(13-14)21-16-8-6-7-15(12-16)19(24)25-3/h6-10,12-13H,4-5,11H2,1-3H3,(H,20,21). The Morgan fingerprint density at radius 2 is 2.00 bits per heavy atom. The molecule has 0 aliphatic carbocycles. The maximum Gasteiger partial charge on any atom is 0.337 e. The fourth-order valence-electron chi connectivity index (χ4n) is 2.34. The number of carbonyl (C=O) groups excluding carboxylic acids is 2. The summed E-state index contributed by atoms with van der Waals surface area (Å²) >= 11 is 0. The molecule has 1 amide bonds. The van der Waals surface area contributed by atoms with Crippen molar-refractivity contribution < 1.29 is 14.3 Å². The van der Waals surface area contributed by atoms with Crippen molar-refractivity contribution in [3.8, 4) is 0 Å². The fourth-order valence-corrected chi connectivity index (χ4v) is 2.34. The first-order chi connectivity index (χ1) is 12.0. The molecule has 0 aliphatic heterocycles. The summed E-state index contributed by atoms with van der Waals surface area (Å²) in [6.45, 7) is 2.82. The molecular weight excluding hydrogens is 318 g/mol. The molecular formula is C19H23N3O3. The van der Waals surface area contributed by atoms with Gasteiger partial charge in [0.25, 0.3) is 5.91 Å². The third-order valence-electron chi connectivity index (χ3n) is 3.76. The van der Waals surface area contributed by atoms with Gasteiger partial charge in [-0.05, 0) is 36.8 Å². The van der Waals surface area contributed by atoms with E-state index in [2.05, 4.69) is 17.2 Å². The maximum absolute atomic E-state index is 12.4. The first kappa shape index (κ1) is 18.4. The number of amides is 1. The second-order valence-corrected chi connectivity index (χ2v) is 5.71. The van der Waals surface area contributed by atoms with Gasteiger partial charge in [0.1, 0.15) is 5.82 Å². The van der Waals surface area contributed by atoms with Gasteiger partial charge in [-0.15, -0.1) is 0 Å². The van der Waals surface area contributed by atoms with Crippen molar-refractivity contribution in [2.24, 2.45) is 0 Å². The van der Waals surface area contributed by atoms with Crippen LogP contribution in [0.2, 0.25) is 0 Å². The lowest BCUT2D eigenvalue weighted by Crippen LogP contribution is -2.27. The molecule has 0 bridgehead atoms. The van der Waals surface area contributed by atoms with Crippen LogP contribution in [0.1, 0.15) is 40.5 Å². The summed E-state index contributed by atoms with van der Waals surface area (Å²) in [5.41, 5.74) is 1.71. The lowest BCUT2D eigenvalue weighted by molar-refractivity contribution is 0.0600. The van der Waals surface area contributed by atoms with E-state index in [9.17, 15) is 9.59 Å². The Hall–Kier alpha value is -2.89. The molecule has 0 radical (unpaired) electrons. The number of nitrogens with zero attached hydrogens (tertiary/aromatic N) is 2. The number of pyridine rings is 1.